The number of rotatable bonds is 0. The van der Waals surface area contributed by atoms with Crippen molar-refractivity contribution >= 4 is 0 Å². The minimum absolute atomic E-state index is 0.630. The molecule has 0 radical (unpaired) electrons. The summed E-state index contributed by atoms with van der Waals surface area (Å²) in [4.78, 5) is 0. The number of hydrogen-bond donors (Lipinski definition) is 0. The molecule has 0 aliphatic heterocycles. The molecule has 0 aromatic carbocycles. The third-order valence-corrected chi connectivity index (χ3v) is 5.10. The van der Waals surface area contributed by atoms with Crippen LogP contribution in [-0.4, -0.2) is 0 Å². The molecule has 4 unspecified atom stereocenters. The van der Waals surface area contributed by atoms with Crippen molar-refractivity contribution in [2.24, 2.45) is 23.2 Å². The first-order chi connectivity index (χ1) is 8.18. The van der Waals surface area contributed by atoms with Gasteiger partial charge in [-0.3, -0.25) is 0 Å². The van der Waals surface area contributed by atoms with Crippen molar-refractivity contribution in [3.63, 3.8) is 0 Å². The van der Waals surface area contributed by atoms with Crippen LogP contribution in [-0.2, 0) is 0 Å². The Morgan fingerprint density at radius 3 is 2.35 bits per heavy atom. The molecule has 17 heavy (non-hydrogen) atoms. The van der Waals surface area contributed by atoms with Gasteiger partial charge in [0.05, 0.1) is 0 Å². The predicted octanol–water partition coefficient (Wildman–Crippen LogP) is 4.89. The van der Waals surface area contributed by atoms with Crippen molar-refractivity contribution in [1.29, 1.82) is 0 Å². The molecule has 2 fully saturated rings. The molecule has 4 bridgehead atoms. The van der Waals surface area contributed by atoms with Gasteiger partial charge >= 0.3 is 0 Å². The lowest BCUT2D eigenvalue weighted by atomic mass is 9.91. The molecular formula is C17H24. The Morgan fingerprint density at radius 2 is 2.12 bits per heavy atom. The fourth-order valence-electron chi connectivity index (χ4n) is 3.99. The highest BCUT2D eigenvalue weighted by atomic mass is 14.4. The number of fused-ring (bicyclic) bond motifs is 4. The van der Waals surface area contributed by atoms with Gasteiger partial charge in [0, 0.05) is 0 Å². The van der Waals surface area contributed by atoms with Crippen LogP contribution in [0.15, 0.2) is 36.0 Å². The quantitative estimate of drug-likeness (QED) is 0.518. The lowest BCUT2D eigenvalue weighted by Gasteiger charge is -2.14. The normalized spacial score (nSPS) is 46.7. The van der Waals surface area contributed by atoms with Crippen molar-refractivity contribution < 1.29 is 0 Å². The minimum Gasteiger partial charge on any atom is -0.0878 e. The van der Waals surface area contributed by atoms with Gasteiger partial charge in [-0.15, -0.1) is 0 Å². The maximum atomic E-state index is 2.40. The zero-order chi connectivity index (χ0) is 11.9. The molecule has 0 saturated heterocycles. The largest absolute Gasteiger partial charge is 0.0878 e. The third kappa shape index (κ3) is 2.14. The predicted molar refractivity (Wildman–Crippen MR) is 73.7 cm³/mol. The van der Waals surface area contributed by atoms with Crippen molar-refractivity contribution in [2.45, 2.75) is 46.0 Å². The summed E-state index contributed by atoms with van der Waals surface area (Å²) in [7, 11) is 0. The van der Waals surface area contributed by atoms with E-state index in [2.05, 4.69) is 44.2 Å². The smallest absolute Gasteiger partial charge is 0.00174 e. The molecular weight excluding hydrogens is 204 g/mol. The summed E-state index contributed by atoms with van der Waals surface area (Å²) < 4.78 is 0. The SMILES string of the molecule is CC12C=CC(CC1)C2.CC=C1CC2C=CC1C2. The molecule has 4 rings (SSSR count). The molecule has 0 heteroatoms. The summed E-state index contributed by atoms with van der Waals surface area (Å²) in [6, 6.07) is 0. The molecule has 92 valence electrons. The highest BCUT2D eigenvalue weighted by Gasteiger charge is 2.36. The zero-order valence-corrected chi connectivity index (χ0v) is 11.2. The van der Waals surface area contributed by atoms with Crippen LogP contribution in [0.1, 0.15) is 46.0 Å². The molecule has 0 spiro atoms. The maximum absolute atomic E-state index is 2.40. The van der Waals surface area contributed by atoms with Crippen LogP contribution in [0.4, 0.5) is 0 Å². The first kappa shape index (κ1) is 11.3. The Kier molecular flexibility index (Phi) is 2.77. The zero-order valence-electron chi connectivity index (χ0n) is 11.2. The van der Waals surface area contributed by atoms with E-state index in [0.717, 1.165) is 17.8 Å². The molecule has 2 saturated carbocycles. The van der Waals surface area contributed by atoms with Crippen LogP contribution >= 0.6 is 0 Å². The van der Waals surface area contributed by atoms with Crippen LogP contribution in [0.2, 0.25) is 0 Å². The van der Waals surface area contributed by atoms with Gasteiger partial charge in [-0.1, -0.05) is 42.9 Å². The van der Waals surface area contributed by atoms with Gasteiger partial charge < -0.3 is 0 Å². The summed E-state index contributed by atoms with van der Waals surface area (Å²) in [6.07, 6.45) is 18.9. The van der Waals surface area contributed by atoms with Crippen molar-refractivity contribution in [3.8, 4) is 0 Å². The van der Waals surface area contributed by atoms with E-state index in [-0.39, 0.29) is 0 Å². The van der Waals surface area contributed by atoms with E-state index in [1.807, 2.05) is 0 Å². The lowest BCUT2D eigenvalue weighted by molar-refractivity contribution is 0.455. The standard InChI is InChI=1S/C9H12.C8H12/c1-2-8-5-7-3-4-9(8)6-7;1-8-4-2-7(6-8)3-5-8/h2-4,7,9H,5-6H2,1H3;2,4,7H,3,5-6H2,1H3. The van der Waals surface area contributed by atoms with E-state index in [1.165, 1.54) is 32.1 Å². The highest BCUT2D eigenvalue weighted by molar-refractivity contribution is 5.26. The summed E-state index contributed by atoms with van der Waals surface area (Å²) in [5.41, 5.74) is 2.30. The van der Waals surface area contributed by atoms with E-state index in [4.69, 9.17) is 0 Å². The Hall–Kier alpha value is -0.780. The average Bonchev–Trinajstić information content (AvgIpc) is 3.07. The average molecular weight is 228 g/mol. The fraction of sp³-hybridized carbons (Fsp3) is 0.647. The van der Waals surface area contributed by atoms with Crippen LogP contribution < -0.4 is 0 Å². The Labute approximate surface area is 105 Å². The second-order valence-electron chi connectivity index (χ2n) is 6.57. The lowest BCUT2D eigenvalue weighted by Crippen LogP contribution is -2.02. The summed E-state index contributed by atoms with van der Waals surface area (Å²) >= 11 is 0. The third-order valence-electron chi connectivity index (χ3n) is 5.10. The van der Waals surface area contributed by atoms with Gasteiger partial charge in [0.2, 0.25) is 0 Å². The monoisotopic (exact) mass is 228 g/mol. The highest BCUT2D eigenvalue weighted by Crippen LogP contribution is 2.48. The van der Waals surface area contributed by atoms with Crippen molar-refractivity contribution in [3.05, 3.63) is 36.0 Å². The maximum Gasteiger partial charge on any atom is -0.00174 e. The summed E-state index contributed by atoms with van der Waals surface area (Å²) in [5.74, 6) is 2.70. The molecule has 0 amide bonds. The van der Waals surface area contributed by atoms with Crippen LogP contribution in [0.3, 0.4) is 0 Å². The van der Waals surface area contributed by atoms with E-state index >= 15 is 0 Å². The van der Waals surface area contributed by atoms with Crippen molar-refractivity contribution in [1.82, 2.24) is 0 Å². The number of allylic oxidation sites excluding steroid dienone is 6. The minimum atomic E-state index is 0.630. The molecule has 0 heterocycles. The van der Waals surface area contributed by atoms with E-state index in [9.17, 15) is 0 Å². The van der Waals surface area contributed by atoms with Crippen LogP contribution in [0.25, 0.3) is 0 Å². The van der Waals surface area contributed by atoms with Gasteiger partial charge in [0.15, 0.2) is 0 Å². The van der Waals surface area contributed by atoms with Gasteiger partial charge in [0.25, 0.3) is 0 Å². The van der Waals surface area contributed by atoms with E-state index in [0.29, 0.717) is 5.41 Å². The topological polar surface area (TPSA) is 0 Å². The first-order valence-electron chi connectivity index (χ1n) is 7.21. The van der Waals surface area contributed by atoms with Gasteiger partial charge in [-0.25, -0.2) is 0 Å². The summed E-state index contributed by atoms with van der Waals surface area (Å²) in [6.45, 7) is 4.53. The van der Waals surface area contributed by atoms with Crippen LogP contribution in [0.5, 0.6) is 0 Å². The molecule has 0 aromatic rings. The molecule has 0 aromatic heterocycles. The van der Waals surface area contributed by atoms with Gasteiger partial charge in [0.1, 0.15) is 0 Å². The number of hydrogen-bond acceptors (Lipinski definition) is 0. The second kappa shape index (κ2) is 4.15. The second-order valence-corrected chi connectivity index (χ2v) is 6.57. The fourth-order valence-corrected chi connectivity index (χ4v) is 3.99. The Morgan fingerprint density at radius 1 is 1.24 bits per heavy atom. The molecule has 4 atom stereocenters. The molecule has 0 nitrogen and oxygen atoms in total. The Balaban J connectivity index is 0.000000107. The summed E-state index contributed by atoms with van der Waals surface area (Å²) in [5, 5.41) is 0. The molecule has 0 N–H and O–H groups in total. The van der Waals surface area contributed by atoms with E-state index < -0.39 is 0 Å². The van der Waals surface area contributed by atoms with E-state index in [1.54, 1.807) is 5.57 Å². The molecule has 4 aliphatic carbocycles. The Bertz CT molecular complexity index is 385. The van der Waals surface area contributed by atoms with Crippen molar-refractivity contribution in [2.75, 3.05) is 0 Å². The first-order valence-corrected chi connectivity index (χ1v) is 7.21. The van der Waals surface area contributed by atoms with Crippen LogP contribution in [0, 0.1) is 23.2 Å². The van der Waals surface area contributed by atoms with Gasteiger partial charge in [-0.2, -0.15) is 0 Å². The van der Waals surface area contributed by atoms with Gasteiger partial charge in [-0.05, 0) is 62.2 Å². The molecule has 4 aliphatic rings.